The molecule has 2 aromatic rings. The van der Waals surface area contributed by atoms with Crippen LogP contribution in [-0.4, -0.2) is 7.05 Å². The Bertz CT molecular complexity index is 538. The Labute approximate surface area is 119 Å². The maximum atomic E-state index is 13.5. The number of hydrogen-bond donors (Lipinski definition) is 1. The molecule has 1 N–H and O–H groups in total. The summed E-state index contributed by atoms with van der Waals surface area (Å²) in [5.41, 5.74) is 3.56. The van der Waals surface area contributed by atoms with Gasteiger partial charge in [0.05, 0.1) is 4.47 Å². The van der Waals surface area contributed by atoms with Crippen LogP contribution >= 0.6 is 27.3 Å². The third kappa shape index (κ3) is 2.82. The van der Waals surface area contributed by atoms with Gasteiger partial charge in [-0.25, -0.2) is 4.39 Å². The zero-order chi connectivity index (χ0) is 13.1. The molecule has 1 nitrogen and oxygen atoms in total. The summed E-state index contributed by atoms with van der Waals surface area (Å²) >= 11 is 5.02. The van der Waals surface area contributed by atoms with Gasteiger partial charge in [-0.1, -0.05) is 12.1 Å². The maximum Gasteiger partial charge on any atom is 0.137 e. The Kier molecular flexibility index (Phi) is 4.54. The number of nitrogens with one attached hydrogen (secondary N) is 1. The molecule has 1 heterocycles. The highest BCUT2D eigenvalue weighted by molar-refractivity contribution is 9.10. The average molecular weight is 328 g/mol. The highest BCUT2D eigenvalue weighted by Gasteiger charge is 2.15. The van der Waals surface area contributed by atoms with Gasteiger partial charge in [-0.15, -0.1) is 0 Å². The first-order valence-corrected chi connectivity index (χ1v) is 7.50. The summed E-state index contributed by atoms with van der Waals surface area (Å²) in [6, 6.07) is 5.40. The first kappa shape index (κ1) is 13.7. The summed E-state index contributed by atoms with van der Waals surface area (Å²) in [7, 11) is 1.94. The summed E-state index contributed by atoms with van der Waals surface area (Å²) in [5, 5.41) is 7.60. The maximum absolute atomic E-state index is 13.5. The highest BCUT2D eigenvalue weighted by atomic mass is 79.9. The molecule has 18 heavy (non-hydrogen) atoms. The number of halogens is 2. The van der Waals surface area contributed by atoms with Crippen LogP contribution in [0, 0.1) is 12.7 Å². The molecule has 1 atom stereocenters. The van der Waals surface area contributed by atoms with E-state index in [1.54, 1.807) is 17.4 Å². The molecule has 0 spiro atoms. The van der Waals surface area contributed by atoms with Crippen molar-refractivity contribution in [2.45, 2.75) is 19.4 Å². The van der Waals surface area contributed by atoms with Crippen molar-refractivity contribution in [2.24, 2.45) is 0 Å². The lowest BCUT2D eigenvalue weighted by Crippen LogP contribution is -2.19. The monoisotopic (exact) mass is 327 g/mol. The van der Waals surface area contributed by atoms with E-state index in [0.29, 0.717) is 4.47 Å². The van der Waals surface area contributed by atoms with Crippen LogP contribution in [0.25, 0.3) is 0 Å². The zero-order valence-electron chi connectivity index (χ0n) is 10.3. The summed E-state index contributed by atoms with van der Waals surface area (Å²) in [6.07, 6.45) is 0.770. The molecule has 4 heteroatoms. The van der Waals surface area contributed by atoms with Crippen LogP contribution in [-0.2, 0) is 6.42 Å². The van der Waals surface area contributed by atoms with Crippen molar-refractivity contribution in [1.82, 2.24) is 5.32 Å². The van der Waals surface area contributed by atoms with Gasteiger partial charge in [0.1, 0.15) is 5.82 Å². The van der Waals surface area contributed by atoms with E-state index in [4.69, 9.17) is 0 Å². The minimum Gasteiger partial charge on any atom is -0.313 e. The first-order valence-electron chi connectivity index (χ1n) is 5.76. The van der Waals surface area contributed by atoms with E-state index >= 15 is 0 Å². The molecule has 0 amide bonds. The van der Waals surface area contributed by atoms with Gasteiger partial charge in [0.25, 0.3) is 0 Å². The third-order valence-corrected chi connectivity index (χ3v) is 4.84. The number of rotatable bonds is 4. The molecule has 0 bridgehead atoms. The molecule has 1 unspecified atom stereocenters. The van der Waals surface area contributed by atoms with Gasteiger partial charge < -0.3 is 5.32 Å². The van der Waals surface area contributed by atoms with E-state index in [9.17, 15) is 4.39 Å². The molecular formula is C14H15BrFNS. The molecule has 0 aliphatic carbocycles. The summed E-state index contributed by atoms with van der Waals surface area (Å²) in [5.74, 6) is -0.204. The molecule has 0 fully saturated rings. The lowest BCUT2D eigenvalue weighted by Gasteiger charge is -2.17. The molecule has 0 aliphatic rings. The van der Waals surface area contributed by atoms with E-state index < -0.39 is 0 Å². The van der Waals surface area contributed by atoms with Crippen molar-refractivity contribution < 1.29 is 4.39 Å². The van der Waals surface area contributed by atoms with Crippen molar-refractivity contribution >= 4 is 27.3 Å². The van der Waals surface area contributed by atoms with Crippen LogP contribution in [0.5, 0.6) is 0 Å². The van der Waals surface area contributed by atoms with Crippen LogP contribution in [0.1, 0.15) is 22.7 Å². The number of aryl methyl sites for hydroxylation is 1. The van der Waals surface area contributed by atoms with Gasteiger partial charge in [-0.3, -0.25) is 0 Å². The summed E-state index contributed by atoms with van der Waals surface area (Å²) < 4.78 is 14.1. The minimum absolute atomic E-state index is 0.204. The van der Waals surface area contributed by atoms with Crippen molar-refractivity contribution in [3.05, 3.63) is 55.9 Å². The molecule has 0 aliphatic heterocycles. The quantitative estimate of drug-likeness (QED) is 0.874. The van der Waals surface area contributed by atoms with E-state index in [1.165, 1.54) is 17.2 Å². The van der Waals surface area contributed by atoms with Crippen LogP contribution in [0.2, 0.25) is 0 Å². The molecule has 2 rings (SSSR count). The van der Waals surface area contributed by atoms with Crippen molar-refractivity contribution in [3.8, 4) is 0 Å². The second-order valence-electron chi connectivity index (χ2n) is 4.27. The summed E-state index contributed by atoms with van der Waals surface area (Å²) in [6.45, 7) is 2.11. The second kappa shape index (κ2) is 5.95. The predicted octanol–water partition coefficient (Wildman–Crippen LogP) is 4.46. The summed E-state index contributed by atoms with van der Waals surface area (Å²) in [4.78, 5) is 0. The topological polar surface area (TPSA) is 12.0 Å². The number of hydrogen-bond acceptors (Lipinski definition) is 2. The first-order chi connectivity index (χ1) is 8.63. The fraction of sp³-hybridized carbons (Fsp3) is 0.286. The van der Waals surface area contributed by atoms with Gasteiger partial charge in [0.2, 0.25) is 0 Å². The fourth-order valence-electron chi connectivity index (χ4n) is 2.02. The van der Waals surface area contributed by atoms with E-state index in [1.807, 2.05) is 13.1 Å². The Hall–Kier alpha value is -0.710. The van der Waals surface area contributed by atoms with E-state index in [-0.39, 0.29) is 11.9 Å². The lowest BCUT2D eigenvalue weighted by atomic mass is 9.99. The van der Waals surface area contributed by atoms with Gasteiger partial charge in [-0.2, -0.15) is 11.3 Å². The lowest BCUT2D eigenvalue weighted by molar-refractivity contribution is 0.579. The van der Waals surface area contributed by atoms with Gasteiger partial charge in [-0.05, 0) is 69.8 Å². The molecular weight excluding hydrogens is 313 g/mol. The molecule has 96 valence electrons. The van der Waals surface area contributed by atoms with Gasteiger partial charge >= 0.3 is 0 Å². The van der Waals surface area contributed by atoms with Crippen molar-refractivity contribution in [2.75, 3.05) is 7.05 Å². The SMILES string of the molecule is CNC(Cc1cccc(F)c1Br)c1cscc1C. The largest absolute Gasteiger partial charge is 0.313 e. The Morgan fingerprint density at radius 1 is 1.39 bits per heavy atom. The standard InChI is InChI=1S/C14H15BrFNS/c1-9-7-18-8-11(9)13(17-2)6-10-4-3-5-12(16)14(10)15/h3-5,7-8,13,17H,6H2,1-2H3. The van der Waals surface area contributed by atoms with Crippen LogP contribution in [0.4, 0.5) is 4.39 Å². The second-order valence-corrected chi connectivity index (χ2v) is 5.81. The minimum atomic E-state index is -0.204. The van der Waals surface area contributed by atoms with Crippen LogP contribution in [0.3, 0.4) is 0 Å². The van der Waals surface area contributed by atoms with Crippen molar-refractivity contribution in [1.29, 1.82) is 0 Å². The molecule has 0 saturated heterocycles. The van der Waals surface area contributed by atoms with Crippen LogP contribution in [0.15, 0.2) is 33.4 Å². The highest BCUT2D eigenvalue weighted by Crippen LogP contribution is 2.28. The molecule has 0 saturated carbocycles. The Morgan fingerprint density at radius 3 is 2.78 bits per heavy atom. The van der Waals surface area contributed by atoms with E-state index in [2.05, 4.69) is 38.9 Å². The average Bonchev–Trinajstić information content (AvgIpc) is 2.77. The normalized spacial score (nSPS) is 12.7. The van der Waals surface area contributed by atoms with Gasteiger partial charge in [0, 0.05) is 6.04 Å². The zero-order valence-corrected chi connectivity index (χ0v) is 12.7. The van der Waals surface area contributed by atoms with E-state index in [0.717, 1.165) is 12.0 Å². The Balaban J connectivity index is 2.26. The number of likely N-dealkylation sites (N-methyl/N-ethyl adjacent to an activating group) is 1. The fourth-order valence-corrected chi connectivity index (χ4v) is 3.35. The molecule has 1 aromatic carbocycles. The van der Waals surface area contributed by atoms with Gasteiger partial charge in [0.15, 0.2) is 0 Å². The predicted molar refractivity (Wildman–Crippen MR) is 78.7 cm³/mol. The number of thiophene rings is 1. The Morgan fingerprint density at radius 2 is 2.17 bits per heavy atom. The van der Waals surface area contributed by atoms with Crippen LogP contribution < -0.4 is 5.32 Å². The van der Waals surface area contributed by atoms with Crippen molar-refractivity contribution in [3.63, 3.8) is 0 Å². The number of benzene rings is 1. The molecule has 1 aromatic heterocycles. The third-order valence-electron chi connectivity index (χ3n) is 3.07. The molecule has 0 radical (unpaired) electrons. The smallest absolute Gasteiger partial charge is 0.137 e.